The van der Waals surface area contributed by atoms with Crippen LogP contribution in [0.15, 0.2) is 42.5 Å². The number of alkyl halides is 4. The summed E-state index contributed by atoms with van der Waals surface area (Å²) in [5.41, 5.74) is -1.22. The maximum absolute atomic E-state index is 14.1. The molecular formula is C20H18F5N3O3. The minimum Gasteiger partial charge on any atom is -0.435 e. The van der Waals surface area contributed by atoms with Crippen LogP contribution in [0.25, 0.3) is 0 Å². The van der Waals surface area contributed by atoms with Gasteiger partial charge >= 0.3 is 6.61 Å². The van der Waals surface area contributed by atoms with Crippen LogP contribution in [0, 0.1) is 17.1 Å². The molecule has 2 rings (SSSR count). The summed E-state index contributed by atoms with van der Waals surface area (Å²) in [6.45, 7) is -1.33. The first-order valence-corrected chi connectivity index (χ1v) is 8.78. The van der Waals surface area contributed by atoms with E-state index in [1.54, 1.807) is 0 Å². The average Bonchev–Trinajstić information content (AvgIpc) is 2.62. The minimum absolute atomic E-state index is 0.0252. The van der Waals surface area contributed by atoms with E-state index in [2.05, 4.69) is 15.4 Å². The van der Waals surface area contributed by atoms with Crippen molar-refractivity contribution in [2.24, 2.45) is 5.92 Å². The summed E-state index contributed by atoms with van der Waals surface area (Å²) in [6, 6.07) is 7.33. The summed E-state index contributed by atoms with van der Waals surface area (Å²) < 4.78 is 69.4. The molecular weight excluding hydrogens is 425 g/mol. The number of benzene rings is 2. The number of hydrogen-bond acceptors (Lipinski definition) is 4. The molecule has 1 unspecified atom stereocenters. The van der Waals surface area contributed by atoms with Crippen molar-refractivity contribution in [1.82, 2.24) is 0 Å². The van der Waals surface area contributed by atoms with Crippen molar-refractivity contribution in [2.45, 2.75) is 26.4 Å². The van der Waals surface area contributed by atoms with Crippen molar-refractivity contribution in [1.29, 1.82) is 5.41 Å². The zero-order valence-electron chi connectivity index (χ0n) is 16.3. The quantitative estimate of drug-likeness (QED) is 0.312. The molecule has 3 N–H and O–H groups in total. The number of carbonyl (C=O) groups is 2. The Morgan fingerprint density at radius 2 is 1.71 bits per heavy atom. The number of nitrogens with one attached hydrogen (secondary N) is 3. The molecule has 0 fully saturated rings. The van der Waals surface area contributed by atoms with Crippen molar-refractivity contribution in [2.75, 3.05) is 10.6 Å². The first kappa shape index (κ1) is 23.8. The molecule has 11 heteroatoms. The molecule has 0 aliphatic carbocycles. The van der Waals surface area contributed by atoms with Crippen molar-refractivity contribution >= 4 is 28.9 Å². The number of ether oxygens (including phenoxy) is 1. The Hall–Kier alpha value is -3.50. The average molecular weight is 443 g/mol. The van der Waals surface area contributed by atoms with E-state index >= 15 is 0 Å². The van der Waals surface area contributed by atoms with Gasteiger partial charge in [-0.25, -0.2) is 13.2 Å². The number of anilines is 2. The summed E-state index contributed by atoms with van der Waals surface area (Å²) in [6.07, 6.45) is 0. The topological polar surface area (TPSA) is 91.3 Å². The van der Waals surface area contributed by atoms with Gasteiger partial charge in [-0.15, -0.1) is 0 Å². The predicted molar refractivity (Wildman–Crippen MR) is 103 cm³/mol. The Morgan fingerprint density at radius 1 is 1.06 bits per heavy atom. The molecule has 0 saturated carbocycles. The molecule has 2 aromatic carbocycles. The number of amides is 2. The smallest absolute Gasteiger partial charge is 0.387 e. The Bertz CT molecular complexity index is 992. The summed E-state index contributed by atoms with van der Waals surface area (Å²) in [7, 11) is 0. The standard InChI is InChI=1S/C20H18F5N3O3/c1-10(26)16(17(29)27-12-5-3-4-11(8-12)20(2,24)25)18(30)28-15-7-6-13(9-14(15)21)31-19(22)23/h3-9,16,19,26H,1-2H3,(H,27,29)(H,28,30). The molecule has 0 saturated heterocycles. The van der Waals surface area contributed by atoms with Gasteiger partial charge in [0.2, 0.25) is 11.8 Å². The van der Waals surface area contributed by atoms with Gasteiger partial charge in [-0.1, -0.05) is 12.1 Å². The molecule has 166 valence electrons. The van der Waals surface area contributed by atoms with E-state index in [9.17, 15) is 31.5 Å². The Balaban J connectivity index is 2.17. The molecule has 2 amide bonds. The van der Waals surface area contributed by atoms with E-state index in [1.165, 1.54) is 12.1 Å². The van der Waals surface area contributed by atoms with Gasteiger partial charge in [-0.2, -0.15) is 8.78 Å². The van der Waals surface area contributed by atoms with Crippen LogP contribution in [-0.4, -0.2) is 24.1 Å². The fraction of sp³-hybridized carbons (Fsp3) is 0.250. The van der Waals surface area contributed by atoms with Crippen LogP contribution in [0.5, 0.6) is 5.75 Å². The SMILES string of the molecule is CC(=N)C(C(=O)Nc1cccc(C(C)(F)F)c1)C(=O)Nc1ccc(OC(F)F)cc1F. The molecule has 2 aromatic rings. The molecule has 0 aliphatic rings. The van der Waals surface area contributed by atoms with Gasteiger partial charge in [-0.05, 0) is 31.2 Å². The van der Waals surface area contributed by atoms with Crippen molar-refractivity contribution in [3.05, 3.63) is 53.8 Å². The third-order valence-electron chi connectivity index (χ3n) is 4.02. The van der Waals surface area contributed by atoms with Crippen LogP contribution < -0.4 is 15.4 Å². The number of hydrogen-bond donors (Lipinski definition) is 3. The first-order valence-electron chi connectivity index (χ1n) is 8.78. The van der Waals surface area contributed by atoms with Crippen molar-refractivity contribution < 1.29 is 36.3 Å². The fourth-order valence-electron chi connectivity index (χ4n) is 2.58. The van der Waals surface area contributed by atoms with Crippen LogP contribution in [-0.2, 0) is 15.5 Å². The minimum atomic E-state index is -3.17. The largest absolute Gasteiger partial charge is 0.435 e. The van der Waals surface area contributed by atoms with E-state index in [-0.39, 0.29) is 11.3 Å². The molecule has 0 bridgehead atoms. The molecule has 0 heterocycles. The second-order valence-electron chi connectivity index (χ2n) is 6.58. The monoisotopic (exact) mass is 443 g/mol. The number of carbonyl (C=O) groups excluding carboxylic acids is 2. The van der Waals surface area contributed by atoms with E-state index < -0.39 is 53.2 Å². The van der Waals surface area contributed by atoms with Crippen molar-refractivity contribution in [3.8, 4) is 5.75 Å². The lowest BCUT2D eigenvalue weighted by Crippen LogP contribution is -2.38. The highest BCUT2D eigenvalue weighted by molar-refractivity contribution is 6.24. The maximum Gasteiger partial charge on any atom is 0.387 e. The van der Waals surface area contributed by atoms with E-state index in [0.29, 0.717) is 13.0 Å². The summed E-state index contributed by atoms with van der Waals surface area (Å²) in [5, 5.41) is 12.1. The highest BCUT2D eigenvalue weighted by atomic mass is 19.3. The summed E-state index contributed by atoms with van der Waals surface area (Å²) in [5.74, 6) is -8.53. The predicted octanol–water partition coefficient (Wildman–Crippen LogP) is 4.77. The van der Waals surface area contributed by atoms with Gasteiger partial charge in [0.05, 0.1) is 5.69 Å². The highest BCUT2D eigenvalue weighted by Crippen LogP contribution is 2.29. The van der Waals surface area contributed by atoms with E-state index in [4.69, 9.17) is 5.41 Å². The van der Waals surface area contributed by atoms with Gasteiger partial charge < -0.3 is 20.8 Å². The zero-order chi connectivity index (χ0) is 23.3. The Kier molecular flexibility index (Phi) is 7.32. The molecule has 0 aliphatic heterocycles. The molecule has 0 radical (unpaired) electrons. The van der Waals surface area contributed by atoms with Crippen LogP contribution in [0.3, 0.4) is 0 Å². The summed E-state index contributed by atoms with van der Waals surface area (Å²) in [4.78, 5) is 25.0. The van der Waals surface area contributed by atoms with Crippen LogP contribution in [0.2, 0.25) is 0 Å². The molecule has 0 spiro atoms. The van der Waals surface area contributed by atoms with E-state index in [1.807, 2.05) is 0 Å². The van der Waals surface area contributed by atoms with Gasteiger partial charge in [0, 0.05) is 30.0 Å². The molecule has 6 nitrogen and oxygen atoms in total. The van der Waals surface area contributed by atoms with E-state index in [0.717, 1.165) is 31.2 Å². The lowest BCUT2D eigenvalue weighted by Gasteiger charge is -2.17. The third-order valence-corrected chi connectivity index (χ3v) is 4.02. The number of halogens is 5. The Morgan fingerprint density at radius 3 is 2.26 bits per heavy atom. The maximum atomic E-state index is 14.1. The zero-order valence-corrected chi connectivity index (χ0v) is 16.3. The number of rotatable bonds is 8. The van der Waals surface area contributed by atoms with Gasteiger partial charge in [-0.3, -0.25) is 9.59 Å². The molecule has 1 atom stereocenters. The second kappa shape index (κ2) is 9.54. The normalized spacial score (nSPS) is 12.3. The van der Waals surface area contributed by atoms with Gasteiger partial charge in [0.25, 0.3) is 5.92 Å². The van der Waals surface area contributed by atoms with Crippen LogP contribution >= 0.6 is 0 Å². The van der Waals surface area contributed by atoms with Crippen LogP contribution in [0.4, 0.5) is 33.3 Å². The van der Waals surface area contributed by atoms with Gasteiger partial charge in [0.1, 0.15) is 11.6 Å². The molecule has 0 aromatic heterocycles. The Labute approximate surface area is 173 Å². The van der Waals surface area contributed by atoms with Crippen LogP contribution in [0.1, 0.15) is 19.4 Å². The van der Waals surface area contributed by atoms with Crippen molar-refractivity contribution in [3.63, 3.8) is 0 Å². The third kappa shape index (κ3) is 6.49. The molecule has 31 heavy (non-hydrogen) atoms. The highest BCUT2D eigenvalue weighted by Gasteiger charge is 2.30. The first-order chi connectivity index (χ1) is 14.4. The lowest BCUT2D eigenvalue weighted by molar-refractivity contribution is -0.126. The fourth-order valence-corrected chi connectivity index (χ4v) is 2.58. The van der Waals surface area contributed by atoms with Gasteiger partial charge in [0.15, 0.2) is 5.92 Å². The second-order valence-corrected chi connectivity index (χ2v) is 6.58. The lowest BCUT2D eigenvalue weighted by atomic mass is 10.0. The summed E-state index contributed by atoms with van der Waals surface area (Å²) >= 11 is 0.